The van der Waals surface area contributed by atoms with Crippen molar-refractivity contribution in [2.45, 2.75) is 18.9 Å². The second-order valence-corrected chi connectivity index (χ2v) is 6.75. The second-order valence-electron chi connectivity index (χ2n) is 5.59. The zero-order valence-corrected chi connectivity index (χ0v) is 14.3. The molecule has 1 N–H and O–H groups in total. The van der Waals surface area contributed by atoms with Crippen molar-refractivity contribution in [3.05, 3.63) is 63.7 Å². The van der Waals surface area contributed by atoms with E-state index in [0.717, 1.165) is 26.1 Å². The third kappa shape index (κ3) is 3.98. The number of nitrogens with zero attached hydrogens (tertiary/aromatic N) is 1. The van der Waals surface area contributed by atoms with E-state index in [9.17, 15) is 0 Å². The van der Waals surface area contributed by atoms with E-state index in [4.69, 9.17) is 0 Å². The van der Waals surface area contributed by atoms with Crippen LogP contribution in [0.2, 0.25) is 0 Å². The maximum Gasteiger partial charge on any atom is 0.0502 e. The predicted molar refractivity (Wildman–Crippen MR) is 97.9 cm³/mol. The van der Waals surface area contributed by atoms with Crippen LogP contribution in [-0.4, -0.2) is 25.7 Å². The van der Waals surface area contributed by atoms with Gasteiger partial charge in [0.1, 0.15) is 0 Å². The molecule has 1 fully saturated rings. The van der Waals surface area contributed by atoms with Gasteiger partial charge in [-0.15, -0.1) is 0 Å². The van der Waals surface area contributed by atoms with Gasteiger partial charge in [-0.1, -0.05) is 42.5 Å². The van der Waals surface area contributed by atoms with Crippen molar-refractivity contribution in [3.8, 4) is 0 Å². The molecule has 1 aliphatic heterocycles. The molecule has 2 nitrogen and oxygen atoms in total. The Morgan fingerprint density at radius 2 is 1.81 bits per heavy atom. The van der Waals surface area contributed by atoms with E-state index in [0.29, 0.717) is 6.04 Å². The predicted octanol–water partition coefficient (Wildman–Crippen LogP) is 3.70. The summed E-state index contributed by atoms with van der Waals surface area (Å²) in [5.41, 5.74) is 2.79. The number of halogens is 1. The molecule has 3 heteroatoms. The summed E-state index contributed by atoms with van der Waals surface area (Å²) in [7, 11) is 0. The molecule has 0 saturated carbocycles. The van der Waals surface area contributed by atoms with Crippen molar-refractivity contribution < 1.29 is 0 Å². The standard InChI is InChI=1S/C18H21IN2/c19-17-9-4-5-10-18(17)21-12-6-11-20-16(14-21)13-15-7-2-1-3-8-15/h1-5,7-10,16,20H,6,11-14H2. The smallest absolute Gasteiger partial charge is 0.0502 e. The van der Waals surface area contributed by atoms with Gasteiger partial charge in [0.2, 0.25) is 0 Å². The van der Waals surface area contributed by atoms with Crippen molar-refractivity contribution >= 4 is 28.3 Å². The van der Waals surface area contributed by atoms with Crippen molar-refractivity contribution in [1.29, 1.82) is 0 Å². The number of para-hydroxylation sites is 1. The largest absolute Gasteiger partial charge is 0.369 e. The van der Waals surface area contributed by atoms with Gasteiger partial charge in [0.15, 0.2) is 0 Å². The molecule has 110 valence electrons. The molecule has 1 heterocycles. The van der Waals surface area contributed by atoms with Crippen LogP contribution < -0.4 is 10.2 Å². The van der Waals surface area contributed by atoms with Crippen molar-refractivity contribution in [1.82, 2.24) is 5.32 Å². The van der Waals surface area contributed by atoms with Crippen LogP contribution in [-0.2, 0) is 6.42 Å². The minimum Gasteiger partial charge on any atom is -0.369 e. The molecule has 0 spiro atoms. The van der Waals surface area contributed by atoms with Crippen LogP contribution in [0.25, 0.3) is 0 Å². The van der Waals surface area contributed by atoms with Crippen molar-refractivity contribution in [3.63, 3.8) is 0 Å². The van der Waals surface area contributed by atoms with Gasteiger partial charge in [-0.3, -0.25) is 0 Å². The number of hydrogen-bond donors (Lipinski definition) is 1. The highest BCUT2D eigenvalue weighted by Crippen LogP contribution is 2.23. The first kappa shape index (κ1) is 14.9. The van der Waals surface area contributed by atoms with Crippen LogP contribution in [0.4, 0.5) is 5.69 Å². The quantitative estimate of drug-likeness (QED) is 0.802. The molecule has 2 aromatic carbocycles. The van der Waals surface area contributed by atoms with Crippen LogP contribution in [0.3, 0.4) is 0 Å². The summed E-state index contributed by atoms with van der Waals surface area (Å²) in [4.78, 5) is 2.54. The van der Waals surface area contributed by atoms with E-state index in [-0.39, 0.29) is 0 Å². The molecule has 0 aliphatic carbocycles. The Balaban J connectivity index is 1.73. The maximum atomic E-state index is 3.71. The van der Waals surface area contributed by atoms with Crippen LogP contribution in [0, 0.1) is 3.57 Å². The van der Waals surface area contributed by atoms with Gasteiger partial charge < -0.3 is 10.2 Å². The van der Waals surface area contributed by atoms with Gasteiger partial charge in [0.05, 0.1) is 5.69 Å². The van der Waals surface area contributed by atoms with Gasteiger partial charge in [-0.2, -0.15) is 0 Å². The van der Waals surface area contributed by atoms with E-state index in [1.807, 2.05) is 0 Å². The normalized spacial score (nSPS) is 19.3. The van der Waals surface area contributed by atoms with E-state index in [2.05, 4.69) is 87.4 Å². The fourth-order valence-corrected chi connectivity index (χ4v) is 3.69. The number of benzene rings is 2. The molecule has 1 unspecified atom stereocenters. The van der Waals surface area contributed by atoms with Crippen LogP contribution in [0.15, 0.2) is 54.6 Å². The van der Waals surface area contributed by atoms with Gasteiger partial charge in [-0.25, -0.2) is 0 Å². The van der Waals surface area contributed by atoms with E-state index in [1.54, 1.807) is 0 Å². The number of anilines is 1. The van der Waals surface area contributed by atoms with Gasteiger partial charge >= 0.3 is 0 Å². The van der Waals surface area contributed by atoms with Gasteiger partial charge in [0.25, 0.3) is 0 Å². The average Bonchev–Trinajstić information content (AvgIpc) is 2.74. The summed E-state index contributed by atoms with van der Waals surface area (Å²) in [6.07, 6.45) is 2.30. The lowest BCUT2D eigenvalue weighted by atomic mass is 10.1. The molecule has 1 aliphatic rings. The minimum absolute atomic E-state index is 0.519. The fraction of sp³-hybridized carbons (Fsp3) is 0.333. The molecule has 1 saturated heterocycles. The molecule has 0 aromatic heterocycles. The Morgan fingerprint density at radius 1 is 1.05 bits per heavy atom. The highest BCUT2D eigenvalue weighted by molar-refractivity contribution is 14.1. The highest BCUT2D eigenvalue weighted by atomic mass is 127. The third-order valence-corrected chi connectivity index (χ3v) is 4.91. The lowest BCUT2D eigenvalue weighted by Gasteiger charge is -2.27. The Hall–Kier alpha value is -1.07. The average molecular weight is 392 g/mol. The highest BCUT2D eigenvalue weighted by Gasteiger charge is 2.19. The molecular formula is C18H21IN2. The zero-order valence-electron chi connectivity index (χ0n) is 12.1. The third-order valence-electron chi connectivity index (χ3n) is 4.00. The first-order chi connectivity index (χ1) is 10.3. The van der Waals surface area contributed by atoms with Crippen molar-refractivity contribution in [2.24, 2.45) is 0 Å². The molecule has 21 heavy (non-hydrogen) atoms. The Labute approximate surface area is 140 Å². The summed E-state index contributed by atoms with van der Waals surface area (Å²) in [5, 5.41) is 3.71. The summed E-state index contributed by atoms with van der Waals surface area (Å²) in [5.74, 6) is 0. The topological polar surface area (TPSA) is 15.3 Å². The van der Waals surface area contributed by atoms with Crippen molar-refractivity contribution in [2.75, 3.05) is 24.5 Å². The summed E-state index contributed by atoms with van der Waals surface area (Å²) in [6.45, 7) is 3.32. The number of hydrogen-bond acceptors (Lipinski definition) is 2. The molecule has 0 amide bonds. The van der Waals surface area contributed by atoms with E-state index in [1.165, 1.54) is 21.2 Å². The Kier molecular flexibility index (Phi) is 5.14. The molecular weight excluding hydrogens is 371 g/mol. The summed E-state index contributed by atoms with van der Waals surface area (Å²) < 4.78 is 1.34. The van der Waals surface area contributed by atoms with Gasteiger partial charge in [-0.05, 0) is 59.7 Å². The Morgan fingerprint density at radius 3 is 2.62 bits per heavy atom. The van der Waals surface area contributed by atoms with E-state index >= 15 is 0 Å². The SMILES string of the molecule is Ic1ccccc1N1CCCNC(Cc2ccccc2)C1. The number of nitrogens with one attached hydrogen (secondary N) is 1. The Bertz CT molecular complexity index is 570. The minimum atomic E-state index is 0.519. The maximum absolute atomic E-state index is 3.71. The first-order valence-corrected chi connectivity index (χ1v) is 8.67. The summed E-state index contributed by atoms with van der Waals surface area (Å²) in [6, 6.07) is 20.0. The molecule has 0 radical (unpaired) electrons. The fourth-order valence-electron chi connectivity index (χ4n) is 2.96. The molecule has 3 rings (SSSR count). The van der Waals surface area contributed by atoms with Crippen LogP contribution in [0.5, 0.6) is 0 Å². The lowest BCUT2D eigenvalue weighted by Crippen LogP contribution is -2.39. The lowest BCUT2D eigenvalue weighted by molar-refractivity contribution is 0.540. The van der Waals surface area contributed by atoms with E-state index < -0.39 is 0 Å². The van der Waals surface area contributed by atoms with Gasteiger partial charge in [0, 0.05) is 22.7 Å². The molecule has 1 atom stereocenters. The second kappa shape index (κ2) is 7.27. The molecule has 0 bridgehead atoms. The number of rotatable bonds is 3. The van der Waals surface area contributed by atoms with Crippen LogP contribution >= 0.6 is 22.6 Å². The zero-order chi connectivity index (χ0) is 14.5. The summed E-state index contributed by atoms with van der Waals surface area (Å²) >= 11 is 2.44. The first-order valence-electron chi connectivity index (χ1n) is 7.60. The van der Waals surface area contributed by atoms with Crippen LogP contribution in [0.1, 0.15) is 12.0 Å². The molecule has 2 aromatic rings. The monoisotopic (exact) mass is 392 g/mol.